The molecule has 0 heterocycles. The van der Waals surface area contributed by atoms with E-state index in [1.165, 1.54) is 25.1 Å². The minimum absolute atomic E-state index is 0.396. The van der Waals surface area contributed by atoms with E-state index in [0.29, 0.717) is 11.1 Å². The number of aliphatic carboxylic acids is 1. The van der Waals surface area contributed by atoms with Crippen LogP contribution in [0.5, 0.6) is 0 Å². The molecule has 4 heteroatoms. The summed E-state index contributed by atoms with van der Waals surface area (Å²) in [5.41, 5.74) is 5.10. The summed E-state index contributed by atoms with van der Waals surface area (Å²) in [4.78, 5) is 10.8. The molecule has 0 aliphatic heterocycles. The summed E-state index contributed by atoms with van der Waals surface area (Å²) >= 11 is 0. The first-order valence-corrected chi connectivity index (χ1v) is 4.14. The summed E-state index contributed by atoms with van der Waals surface area (Å²) in [5.74, 6) is -1.53. The number of carboxylic acids is 1. The van der Waals surface area contributed by atoms with Crippen molar-refractivity contribution in [3.05, 3.63) is 35.1 Å². The molecule has 0 unspecified atom stereocenters. The summed E-state index contributed by atoms with van der Waals surface area (Å²) in [5, 5.41) is 8.87. The summed E-state index contributed by atoms with van der Waals surface area (Å²) < 4.78 is 12.7. The average molecular weight is 197 g/mol. The Labute approximate surface area is 81.4 Å². The van der Waals surface area contributed by atoms with Gasteiger partial charge in [-0.1, -0.05) is 6.07 Å². The predicted molar refractivity (Wildman–Crippen MR) is 50.3 cm³/mol. The molecule has 1 aromatic carbocycles. The third-order valence-electron chi connectivity index (χ3n) is 2.19. The Morgan fingerprint density at radius 1 is 1.57 bits per heavy atom. The number of hydrogen-bond donors (Lipinski definition) is 2. The topological polar surface area (TPSA) is 63.3 Å². The van der Waals surface area contributed by atoms with Crippen LogP contribution in [0.4, 0.5) is 4.39 Å². The molecule has 1 aromatic rings. The molecule has 0 aliphatic carbocycles. The fourth-order valence-corrected chi connectivity index (χ4v) is 1.32. The van der Waals surface area contributed by atoms with Crippen LogP contribution in [0.1, 0.15) is 18.1 Å². The molecule has 0 radical (unpaired) electrons. The van der Waals surface area contributed by atoms with Crippen LogP contribution in [0.25, 0.3) is 0 Å². The van der Waals surface area contributed by atoms with E-state index < -0.39 is 17.3 Å². The lowest BCUT2D eigenvalue weighted by molar-refractivity contribution is -0.143. The van der Waals surface area contributed by atoms with E-state index >= 15 is 0 Å². The number of nitrogens with two attached hydrogens (primary N) is 1. The van der Waals surface area contributed by atoms with Crippen LogP contribution in [0.2, 0.25) is 0 Å². The van der Waals surface area contributed by atoms with Gasteiger partial charge in [-0.25, -0.2) is 9.18 Å². The highest BCUT2D eigenvalue weighted by molar-refractivity contribution is 5.80. The van der Waals surface area contributed by atoms with Crippen molar-refractivity contribution in [3.63, 3.8) is 0 Å². The van der Waals surface area contributed by atoms with Crippen LogP contribution in [0, 0.1) is 12.7 Å². The summed E-state index contributed by atoms with van der Waals surface area (Å²) in [6, 6.07) is 3.87. The Hall–Kier alpha value is -1.42. The van der Waals surface area contributed by atoms with Gasteiger partial charge >= 0.3 is 5.97 Å². The third kappa shape index (κ3) is 1.75. The van der Waals surface area contributed by atoms with Crippen LogP contribution >= 0.6 is 0 Å². The van der Waals surface area contributed by atoms with Crippen molar-refractivity contribution < 1.29 is 14.3 Å². The predicted octanol–water partition coefficient (Wildman–Crippen LogP) is 1.39. The van der Waals surface area contributed by atoms with E-state index in [1.807, 2.05) is 0 Å². The van der Waals surface area contributed by atoms with Crippen LogP contribution in [0.15, 0.2) is 18.2 Å². The second-order valence-electron chi connectivity index (χ2n) is 3.47. The molecule has 3 N–H and O–H groups in total. The molecular weight excluding hydrogens is 185 g/mol. The van der Waals surface area contributed by atoms with E-state index in [1.54, 1.807) is 6.92 Å². The second kappa shape index (κ2) is 3.38. The van der Waals surface area contributed by atoms with Crippen molar-refractivity contribution in [1.82, 2.24) is 0 Å². The van der Waals surface area contributed by atoms with Crippen LogP contribution in [0.3, 0.4) is 0 Å². The highest BCUT2D eigenvalue weighted by Crippen LogP contribution is 2.22. The summed E-state index contributed by atoms with van der Waals surface area (Å²) in [6.07, 6.45) is 0. The van der Waals surface area contributed by atoms with Gasteiger partial charge in [0.15, 0.2) is 0 Å². The van der Waals surface area contributed by atoms with Gasteiger partial charge in [-0.15, -0.1) is 0 Å². The van der Waals surface area contributed by atoms with E-state index in [0.717, 1.165) is 0 Å². The second-order valence-corrected chi connectivity index (χ2v) is 3.47. The van der Waals surface area contributed by atoms with Crippen molar-refractivity contribution in [2.75, 3.05) is 0 Å². The van der Waals surface area contributed by atoms with E-state index in [-0.39, 0.29) is 0 Å². The molecule has 0 saturated carbocycles. The Balaban J connectivity index is 3.26. The minimum Gasteiger partial charge on any atom is -0.480 e. The first kappa shape index (κ1) is 10.7. The van der Waals surface area contributed by atoms with E-state index in [9.17, 15) is 9.18 Å². The van der Waals surface area contributed by atoms with Gasteiger partial charge in [0, 0.05) is 0 Å². The lowest BCUT2D eigenvalue weighted by Gasteiger charge is -2.21. The summed E-state index contributed by atoms with van der Waals surface area (Å²) in [6.45, 7) is 3.02. The van der Waals surface area contributed by atoms with Gasteiger partial charge in [-0.3, -0.25) is 0 Å². The van der Waals surface area contributed by atoms with Gasteiger partial charge in [-0.05, 0) is 37.1 Å². The third-order valence-corrected chi connectivity index (χ3v) is 2.19. The number of hydrogen-bond acceptors (Lipinski definition) is 2. The van der Waals surface area contributed by atoms with E-state index in [2.05, 4.69) is 0 Å². The number of benzene rings is 1. The number of rotatable bonds is 2. The van der Waals surface area contributed by atoms with Crippen molar-refractivity contribution in [2.24, 2.45) is 5.73 Å². The Kier molecular flexibility index (Phi) is 2.57. The minimum atomic E-state index is -1.47. The van der Waals surface area contributed by atoms with Crippen LogP contribution in [-0.4, -0.2) is 11.1 Å². The van der Waals surface area contributed by atoms with Crippen molar-refractivity contribution in [1.29, 1.82) is 0 Å². The largest absolute Gasteiger partial charge is 0.480 e. The van der Waals surface area contributed by atoms with Gasteiger partial charge in [0.2, 0.25) is 0 Å². The lowest BCUT2D eigenvalue weighted by Crippen LogP contribution is -2.42. The van der Waals surface area contributed by atoms with Gasteiger partial charge in [0.05, 0.1) is 0 Å². The molecule has 3 nitrogen and oxygen atoms in total. The molecular formula is C10H12FNO2. The number of carboxylic acid groups (broad SMARTS) is 1. The zero-order valence-corrected chi connectivity index (χ0v) is 8.04. The monoisotopic (exact) mass is 197 g/mol. The zero-order chi connectivity index (χ0) is 10.9. The summed E-state index contributed by atoms with van der Waals surface area (Å²) in [7, 11) is 0. The first-order chi connectivity index (χ1) is 6.35. The molecule has 0 bridgehead atoms. The van der Waals surface area contributed by atoms with Gasteiger partial charge in [0.1, 0.15) is 11.4 Å². The molecule has 76 valence electrons. The number of halogens is 1. The van der Waals surface area contributed by atoms with Crippen LogP contribution in [-0.2, 0) is 10.3 Å². The van der Waals surface area contributed by atoms with Crippen molar-refractivity contribution in [2.45, 2.75) is 19.4 Å². The maximum atomic E-state index is 12.7. The fraction of sp³-hybridized carbons (Fsp3) is 0.300. The normalized spacial score (nSPS) is 14.9. The zero-order valence-electron chi connectivity index (χ0n) is 8.04. The Morgan fingerprint density at radius 2 is 2.14 bits per heavy atom. The Morgan fingerprint density at radius 3 is 2.57 bits per heavy atom. The SMILES string of the molecule is Cc1cc(F)ccc1[C@](C)(N)C(=O)O. The molecule has 0 fully saturated rings. The molecule has 1 rings (SSSR count). The van der Waals surface area contributed by atoms with Gasteiger partial charge < -0.3 is 10.8 Å². The standard InChI is InChI=1S/C10H12FNO2/c1-6-5-7(11)3-4-8(6)10(2,12)9(13)14/h3-5H,12H2,1-2H3,(H,13,14)/t10-/m0/s1. The molecule has 0 amide bonds. The molecule has 0 aliphatic rings. The first-order valence-electron chi connectivity index (χ1n) is 4.14. The molecule has 1 atom stereocenters. The Bertz CT molecular complexity index is 374. The maximum Gasteiger partial charge on any atom is 0.328 e. The van der Waals surface area contributed by atoms with Crippen molar-refractivity contribution in [3.8, 4) is 0 Å². The average Bonchev–Trinajstić information content (AvgIpc) is 2.02. The van der Waals surface area contributed by atoms with Gasteiger partial charge in [-0.2, -0.15) is 0 Å². The quantitative estimate of drug-likeness (QED) is 0.753. The smallest absolute Gasteiger partial charge is 0.328 e. The molecule has 0 spiro atoms. The van der Waals surface area contributed by atoms with Crippen LogP contribution < -0.4 is 5.73 Å². The molecule has 0 aromatic heterocycles. The highest BCUT2D eigenvalue weighted by Gasteiger charge is 2.31. The van der Waals surface area contributed by atoms with Crippen molar-refractivity contribution >= 4 is 5.97 Å². The van der Waals surface area contributed by atoms with E-state index in [4.69, 9.17) is 10.8 Å². The fourth-order valence-electron chi connectivity index (χ4n) is 1.32. The van der Waals surface area contributed by atoms with Gasteiger partial charge in [0.25, 0.3) is 0 Å². The molecule has 0 saturated heterocycles. The lowest BCUT2D eigenvalue weighted by atomic mass is 9.90. The number of aryl methyl sites for hydroxylation is 1. The molecule has 14 heavy (non-hydrogen) atoms. The highest BCUT2D eigenvalue weighted by atomic mass is 19.1. The number of carbonyl (C=O) groups is 1. The maximum absolute atomic E-state index is 12.7.